The van der Waals surface area contributed by atoms with Crippen molar-refractivity contribution in [2.24, 2.45) is 0 Å². The SMILES string of the molecule is [La+3].[La+3].[O]=[Mo](=[O])([O-])[O-].[O]=[Mo](=[O])([O-])[O-].[O]=[Mo](=[O])([O-])[O-]. The van der Waals surface area contributed by atoms with Gasteiger partial charge in [-0.15, -0.1) is 0 Å². The average Bonchev–Trinajstić information content (AvgIpc) is 1.41. The summed E-state index contributed by atoms with van der Waals surface area (Å²) in [6.07, 6.45) is 0. The van der Waals surface area contributed by atoms with Crippen LogP contribution in [0.2, 0.25) is 0 Å². The Bertz CT molecular complexity index is 341. The van der Waals surface area contributed by atoms with Crippen molar-refractivity contribution in [2.45, 2.75) is 0 Å². The van der Waals surface area contributed by atoms with Crippen LogP contribution in [-0.2, 0) is 70.6 Å². The van der Waals surface area contributed by atoms with Crippen LogP contribution in [0.4, 0.5) is 0 Å². The van der Waals surface area contributed by atoms with Crippen LogP contribution in [0, 0.1) is 71.2 Å². The normalized spacial score (nSPS) is 10.2. The first-order valence-electron chi connectivity index (χ1n) is 2.00. The molecule has 0 aliphatic carbocycles. The van der Waals surface area contributed by atoms with Crippen molar-refractivity contribution in [3.05, 3.63) is 0 Å². The molecule has 0 spiro atoms. The van der Waals surface area contributed by atoms with Crippen molar-refractivity contribution in [1.29, 1.82) is 0 Å². The predicted octanol–water partition coefficient (Wildman–Crippen LogP) is -7.85. The van der Waals surface area contributed by atoms with Gasteiger partial charge in [-0.25, -0.2) is 0 Å². The summed E-state index contributed by atoms with van der Waals surface area (Å²) in [5.41, 5.74) is 0. The van der Waals surface area contributed by atoms with Crippen LogP contribution < -0.4 is 22.6 Å². The van der Waals surface area contributed by atoms with Crippen LogP contribution in [0.1, 0.15) is 0 Å². The van der Waals surface area contributed by atoms with E-state index in [1.54, 1.807) is 0 Å². The van der Waals surface area contributed by atoms with Crippen LogP contribution in [-0.4, -0.2) is 0 Å². The van der Waals surface area contributed by atoms with Gasteiger partial charge in [0.1, 0.15) is 0 Å². The molecule has 0 saturated heterocycles. The van der Waals surface area contributed by atoms with Gasteiger partial charge >= 0.3 is 164 Å². The van der Waals surface area contributed by atoms with Crippen LogP contribution in [0.15, 0.2) is 0 Å². The topological polar surface area (TPSA) is 241 Å². The van der Waals surface area contributed by atoms with E-state index in [1.165, 1.54) is 0 Å². The van der Waals surface area contributed by atoms with E-state index in [2.05, 4.69) is 0 Å². The summed E-state index contributed by atoms with van der Waals surface area (Å²) in [7, 11) is 0. The molecule has 0 heterocycles. The zero-order valence-corrected chi connectivity index (χ0v) is 20.6. The van der Waals surface area contributed by atoms with Crippen molar-refractivity contribution in [3.8, 4) is 0 Å². The average molecular weight is 758 g/mol. The second-order valence-electron chi connectivity index (χ2n) is 1.22. The molecule has 0 saturated carbocycles. The maximum atomic E-state index is 8.63. The van der Waals surface area contributed by atoms with Crippen LogP contribution in [0.5, 0.6) is 0 Å². The molecule has 0 aromatic heterocycles. The molecule has 0 N–H and O–H groups in total. The third-order valence-corrected chi connectivity index (χ3v) is 0. The summed E-state index contributed by atoms with van der Waals surface area (Å²) < 4.78 is 104. The minimum absolute atomic E-state index is 0. The Morgan fingerprint density at radius 2 is 0.412 bits per heavy atom. The molecule has 0 aliphatic rings. The maximum absolute atomic E-state index is 8.63. The fraction of sp³-hybridized carbons (Fsp3) is 0. The number of hydrogen-bond acceptors (Lipinski definition) is 12. The second kappa shape index (κ2) is 14.0. The van der Waals surface area contributed by atoms with E-state index < -0.39 is 50.2 Å². The van der Waals surface area contributed by atoms with E-state index >= 15 is 0 Å². The molecule has 0 atom stereocenters. The van der Waals surface area contributed by atoms with Crippen molar-refractivity contribution < 1.29 is 164 Å². The molecule has 0 unspecified atom stereocenters. The fourth-order valence-electron chi connectivity index (χ4n) is 0. The van der Waals surface area contributed by atoms with Gasteiger partial charge in [0.15, 0.2) is 0 Å². The van der Waals surface area contributed by atoms with Crippen molar-refractivity contribution >= 4 is 0 Å². The van der Waals surface area contributed by atoms with E-state index in [9.17, 15) is 0 Å². The molecule has 17 heteroatoms. The Kier molecular flexibility index (Phi) is 26.4. The Morgan fingerprint density at radius 1 is 0.412 bits per heavy atom. The summed E-state index contributed by atoms with van der Waals surface area (Å²) in [4.78, 5) is 0. The molecule has 0 aliphatic heterocycles. The van der Waals surface area contributed by atoms with E-state index in [4.69, 9.17) is 42.9 Å². The van der Waals surface area contributed by atoms with Gasteiger partial charge < -0.3 is 0 Å². The Hall–Kier alpha value is 3.01. The summed E-state index contributed by atoms with van der Waals surface area (Å²) in [6, 6.07) is 0. The molecular weight excluding hydrogens is 758 g/mol. The molecule has 0 bridgehead atoms. The molecule has 17 heavy (non-hydrogen) atoms. The van der Waals surface area contributed by atoms with Crippen LogP contribution in [0.25, 0.3) is 0 Å². The predicted molar refractivity (Wildman–Crippen MR) is 4.12 cm³/mol. The van der Waals surface area contributed by atoms with Gasteiger partial charge in [0.2, 0.25) is 0 Å². The fourth-order valence-corrected chi connectivity index (χ4v) is 0. The van der Waals surface area contributed by atoms with Gasteiger partial charge in [0.05, 0.1) is 0 Å². The van der Waals surface area contributed by atoms with Gasteiger partial charge in [-0.3, -0.25) is 0 Å². The van der Waals surface area contributed by atoms with Crippen LogP contribution in [0.3, 0.4) is 0 Å². The van der Waals surface area contributed by atoms with Gasteiger partial charge in [0.25, 0.3) is 0 Å². The molecule has 0 aromatic carbocycles. The first-order valence-corrected chi connectivity index (χ1v) is 11.8. The first-order chi connectivity index (χ1) is 6.00. The summed E-state index contributed by atoms with van der Waals surface area (Å²) in [5.74, 6) is 0. The minimum atomic E-state index is -6.02. The van der Waals surface area contributed by atoms with E-state index in [0.717, 1.165) is 0 Å². The standard InChI is InChI=1S/2La.3Mo.12O/q2*+3;;;;;;;;;;6*-1. The zero-order chi connectivity index (χ0) is 13.5. The summed E-state index contributed by atoms with van der Waals surface area (Å²) in [5, 5.41) is 0. The zero-order valence-electron chi connectivity index (χ0n) is 7.28. The Labute approximate surface area is 161 Å². The Morgan fingerprint density at radius 3 is 0.412 bits per heavy atom. The van der Waals surface area contributed by atoms with Crippen molar-refractivity contribution in [2.75, 3.05) is 0 Å². The van der Waals surface area contributed by atoms with Gasteiger partial charge in [-0.05, 0) is 0 Å². The molecule has 0 rings (SSSR count). The summed E-state index contributed by atoms with van der Waals surface area (Å²) in [6.45, 7) is 0. The molecule has 0 amide bonds. The third kappa shape index (κ3) is 606. The molecule has 12 nitrogen and oxygen atoms in total. The molecule has 96 valence electrons. The van der Waals surface area contributed by atoms with Gasteiger partial charge in [-0.1, -0.05) is 0 Å². The molecule has 0 fully saturated rings. The van der Waals surface area contributed by atoms with E-state index in [1.807, 2.05) is 0 Å². The molecule has 0 aromatic rings. The third-order valence-electron chi connectivity index (χ3n) is 0. The number of rotatable bonds is 0. The number of hydrogen-bond donors (Lipinski definition) is 0. The van der Waals surface area contributed by atoms with Crippen molar-refractivity contribution in [1.82, 2.24) is 0 Å². The quantitative estimate of drug-likeness (QED) is 0.210. The van der Waals surface area contributed by atoms with Crippen LogP contribution >= 0.6 is 0 Å². The monoisotopic (exact) mass is 763 g/mol. The summed E-state index contributed by atoms with van der Waals surface area (Å²) >= 11 is -18.1. The van der Waals surface area contributed by atoms with Gasteiger partial charge in [0, 0.05) is 0 Å². The first kappa shape index (κ1) is 32.1. The van der Waals surface area contributed by atoms with E-state index in [-0.39, 0.29) is 71.2 Å². The molecular formula is La2Mo3O12. The second-order valence-corrected chi connectivity index (χ2v) is 7.25. The van der Waals surface area contributed by atoms with Gasteiger partial charge in [-0.2, -0.15) is 0 Å². The Balaban J connectivity index is -0.0000000400. The van der Waals surface area contributed by atoms with Crippen molar-refractivity contribution in [3.63, 3.8) is 0 Å². The molecule has 0 radical (unpaired) electrons. The van der Waals surface area contributed by atoms with E-state index in [0.29, 0.717) is 0 Å².